The molecule has 2 aromatic rings. The predicted octanol–water partition coefficient (Wildman–Crippen LogP) is 3.24. The molecule has 0 spiro atoms. The summed E-state index contributed by atoms with van der Waals surface area (Å²) >= 11 is 3.39. The molecule has 0 aliphatic carbocycles. The molecule has 5 nitrogen and oxygen atoms in total. The molecule has 22 heavy (non-hydrogen) atoms. The predicted molar refractivity (Wildman–Crippen MR) is 94.7 cm³/mol. The summed E-state index contributed by atoms with van der Waals surface area (Å²) in [5.74, 6) is 1.33. The minimum atomic E-state index is 0.480. The molecule has 0 saturated heterocycles. The van der Waals surface area contributed by atoms with Gasteiger partial charge >= 0.3 is 0 Å². The lowest BCUT2D eigenvalue weighted by atomic mass is 10.2. The van der Waals surface area contributed by atoms with Gasteiger partial charge in [-0.05, 0) is 6.92 Å². The van der Waals surface area contributed by atoms with Gasteiger partial charge in [0.1, 0.15) is 0 Å². The molecule has 7 heteroatoms. The fraction of sp³-hybridized carbons (Fsp3) is 0.533. The Bertz CT molecular complexity index is 629. The second-order valence-corrected chi connectivity index (χ2v) is 7.40. The summed E-state index contributed by atoms with van der Waals surface area (Å²) in [6.07, 6.45) is 0. The van der Waals surface area contributed by atoms with E-state index in [0.29, 0.717) is 12.5 Å². The maximum Gasteiger partial charge on any atom is 0.194 e. The Hall–Kier alpha value is -1.47. The number of rotatable bonds is 5. The van der Waals surface area contributed by atoms with E-state index in [1.165, 1.54) is 5.01 Å². The van der Waals surface area contributed by atoms with Gasteiger partial charge < -0.3 is 10.2 Å². The third kappa shape index (κ3) is 4.51. The highest BCUT2D eigenvalue weighted by atomic mass is 32.1. The van der Waals surface area contributed by atoms with Crippen molar-refractivity contribution >= 4 is 28.6 Å². The van der Waals surface area contributed by atoms with Gasteiger partial charge in [0, 0.05) is 30.8 Å². The van der Waals surface area contributed by atoms with Gasteiger partial charge in [-0.15, -0.1) is 22.7 Å². The first-order chi connectivity index (χ1) is 10.5. The summed E-state index contributed by atoms with van der Waals surface area (Å²) in [6, 6.07) is 0. The smallest absolute Gasteiger partial charge is 0.194 e. The summed E-state index contributed by atoms with van der Waals surface area (Å²) in [4.78, 5) is 15.5. The van der Waals surface area contributed by atoms with Gasteiger partial charge in [0.2, 0.25) is 0 Å². The van der Waals surface area contributed by atoms with E-state index in [0.717, 1.165) is 28.9 Å². The van der Waals surface area contributed by atoms with Crippen LogP contribution in [0, 0.1) is 6.92 Å². The molecular formula is C15H23N5S2. The summed E-state index contributed by atoms with van der Waals surface area (Å²) in [5, 5.41) is 9.83. The molecule has 0 aliphatic heterocycles. The van der Waals surface area contributed by atoms with Crippen molar-refractivity contribution in [1.29, 1.82) is 0 Å². The second kappa shape index (κ2) is 7.69. The van der Waals surface area contributed by atoms with Crippen LogP contribution in [0.1, 0.15) is 41.2 Å². The molecule has 0 aliphatic rings. The molecule has 0 atom stereocenters. The number of aliphatic imine (C=N–C) groups is 1. The van der Waals surface area contributed by atoms with Gasteiger partial charge in [-0.25, -0.2) is 9.97 Å². The molecule has 2 heterocycles. The first-order valence-electron chi connectivity index (χ1n) is 7.26. The van der Waals surface area contributed by atoms with Gasteiger partial charge in [0.25, 0.3) is 0 Å². The molecule has 0 saturated carbocycles. The zero-order valence-electron chi connectivity index (χ0n) is 13.8. The summed E-state index contributed by atoms with van der Waals surface area (Å²) < 4.78 is 0. The van der Waals surface area contributed by atoms with Crippen LogP contribution in [0.5, 0.6) is 0 Å². The number of hydrogen-bond acceptors (Lipinski definition) is 5. The van der Waals surface area contributed by atoms with Crippen LogP contribution in [0.3, 0.4) is 0 Å². The van der Waals surface area contributed by atoms with Crippen LogP contribution in [0.2, 0.25) is 0 Å². The Kier molecular flexibility index (Phi) is 5.90. The lowest BCUT2D eigenvalue weighted by Crippen LogP contribution is -2.38. The van der Waals surface area contributed by atoms with Crippen LogP contribution in [0.4, 0.5) is 0 Å². The quantitative estimate of drug-likeness (QED) is 0.672. The van der Waals surface area contributed by atoms with E-state index in [-0.39, 0.29) is 0 Å². The molecule has 0 bridgehead atoms. The fourth-order valence-corrected chi connectivity index (χ4v) is 3.46. The maximum atomic E-state index is 4.63. The van der Waals surface area contributed by atoms with Crippen molar-refractivity contribution in [3.05, 3.63) is 32.2 Å². The first kappa shape index (κ1) is 16.9. The lowest BCUT2D eigenvalue weighted by Gasteiger charge is -2.20. The zero-order chi connectivity index (χ0) is 16.1. The van der Waals surface area contributed by atoms with Crippen LogP contribution in [-0.4, -0.2) is 34.9 Å². The number of guanidine groups is 1. The third-order valence-electron chi connectivity index (χ3n) is 3.13. The fourth-order valence-electron chi connectivity index (χ4n) is 2.02. The van der Waals surface area contributed by atoms with Crippen molar-refractivity contribution in [1.82, 2.24) is 20.2 Å². The minimum Gasteiger partial charge on any atom is -0.351 e. The number of thiazole rings is 2. The van der Waals surface area contributed by atoms with Crippen molar-refractivity contribution in [3.63, 3.8) is 0 Å². The average molecular weight is 338 g/mol. The molecule has 0 unspecified atom stereocenters. The number of hydrogen-bond donors (Lipinski definition) is 1. The van der Waals surface area contributed by atoms with E-state index < -0.39 is 0 Å². The van der Waals surface area contributed by atoms with Crippen LogP contribution < -0.4 is 5.32 Å². The van der Waals surface area contributed by atoms with Gasteiger partial charge in [-0.1, -0.05) is 13.8 Å². The number of nitrogens with zero attached hydrogens (tertiary/aromatic N) is 4. The van der Waals surface area contributed by atoms with Crippen molar-refractivity contribution in [2.45, 2.75) is 39.8 Å². The summed E-state index contributed by atoms with van der Waals surface area (Å²) in [7, 11) is 3.82. The molecule has 120 valence electrons. The van der Waals surface area contributed by atoms with Crippen molar-refractivity contribution in [2.24, 2.45) is 4.99 Å². The first-order valence-corrected chi connectivity index (χ1v) is 9.02. The molecule has 0 amide bonds. The SMILES string of the molecule is CN=C(NCc1csc(C(C)C)n1)N(C)Cc1csc(C)n1. The number of nitrogens with one attached hydrogen (secondary N) is 1. The topological polar surface area (TPSA) is 53.4 Å². The summed E-state index contributed by atoms with van der Waals surface area (Å²) in [6.45, 7) is 7.79. The highest BCUT2D eigenvalue weighted by Crippen LogP contribution is 2.19. The molecule has 1 N–H and O–H groups in total. The van der Waals surface area contributed by atoms with Gasteiger partial charge in [-0.3, -0.25) is 4.99 Å². The van der Waals surface area contributed by atoms with Crippen LogP contribution >= 0.6 is 22.7 Å². The van der Waals surface area contributed by atoms with Crippen LogP contribution in [-0.2, 0) is 13.1 Å². The van der Waals surface area contributed by atoms with Crippen LogP contribution in [0.25, 0.3) is 0 Å². The lowest BCUT2D eigenvalue weighted by molar-refractivity contribution is 0.470. The Balaban J connectivity index is 1.91. The standard InChI is InChI=1S/C15H23N5S2/c1-10(2)14-19-12(8-22-14)6-17-15(16-4)20(5)7-13-9-21-11(3)18-13/h8-10H,6-7H2,1-5H3,(H,16,17). The number of aromatic nitrogens is 2. The Morgan fingerprint density at radius 1 is 1.27 bits per heavy atom. The van der Waals surface area contributed by atoms with E-state index in [1.807, 2.05) is 14.0 Å². The van der Waals surface area contributed by atoms with E-state index in [2.05, 4.69) is 49.8 Å². The van der Waals surface area contributed by atoms with Crippen molar-refractivity contribution < 1.29 is 0 Å². The van der Waals surface area contributed by atoms with Gasteiger partial charge in [0.15, 0.2) is 5.96 Å². The van der Waals surface area contributed by atoms with E-state index in [4.69, 9.17) is 0 Å². The molecule has 0 radical (unpaired) electrons. The Labute approximate surface area is 140 Å². The maximum absolute atomic E-state index is 4.63. The van der Waals surface area contributed by atoms with Gasteiger partial charge in [0.05, 0.1) is 34.5 Å². The second-order valence-electron chi connectivity index (χ2n) is 5.45. The Morgan fingerprint density at radius 3 is 2.55 bits per heavy atom. The molecular weight excluding hydrogens is 314 g/mol. The van der Waals surface area contributed by atoms with E-state index >= 15 is 0 Å². The monoisotopic (exact) mass is 337 g/mol. The molecule has 2 aromatic heterocycles. The summed E-state index contributed by atoms with van der Waals surface area (Å²) in [5.41, 5.74) is 2.14. The highest BCUT2D eigenvalue weighted by molar-refractivity contribution is 7.09. The molecule has 0 aromatic carbocycles. The number of aryl methyl sites for hydroxylation is 1. The third-order valence-corrected chi connectivity index (χ3v) is 5.15. The van der Waals surface area contributed by atoms with Crippen LogP contribution in [0.15, 0.2) is 15.8 Å². The van der Waals surface area contributed by atoms with Gasteiger partial charge in [-0.2, -0.15) is 0 Å². The molecule has 0 fully saturated rings. The zero-order valence-corrected chi connectivity index (χ0v) is 15.4. The molecule has 2 rings (SSSR count). The van der Waals surface area contributed by atoms with E-state index in [9.17, 15) is 0 Å². The van der Waals surface area contributed by atoms with Crippen molar-refractivity contribution in [3.8, 4) is 0 Å². The Morgan fingerprint density at radius 2 is 2.00 bits per heavy atom. The average Bonchev–Trinajstić information content (AvgIpc) is 3.09. The van der Waals surface area contributed by atoms with Crippen molar-refractivity contribution in [2.75, 3.05) is 14.1 Å². The normalized spacial score (nSPS) is 12.0. The largest absolute Gasteiger partial charge is 0.351 e. The minimum absolute atomic E-state index is 0.480. The highest BCUT2D eigenvalue weighted by Gasteiger charge is 2.10. The van der Waals surface area contributed by atoms with E-state index in [1.54, 1.807) is 29.7 Å².